The van der Waals surface area contributed by atoms with Crippen molar-refractivity contribution in [3.8, 4) is 0 Å². The molecule has 0 aliphatic carbocycles. The van der Waals surface area contributed by atoms with Crippen LogP contribution in [-0.2, 0) is 16.6 Å². The summed E-state index contributed by atoms with van der Waals surface area (Å²) in [7, 11) is -3.27. The number of aryl methyl sites for hydroxylation is 1. The lowest BCUT2D eigenvalue weighted by molar-refractivity contribution is 0.253. The summed E-state index contributed by atoms with van der Waals surface area (Å²) in [6.45, 7) is 6.25. The lowest BCUT2D eigenvalue weighted by Crippen LogP contribution is -2.45. The molecule has 0 spiro atoms. The van der Waals surface area contributed by atoms with Gasteiger partial charge in [0.15, 0.2) is 0 Å². The van der Waals surface area contributed by atoms with E-state index in [-0.39, 0.29) is 12.3 Å². The quantitative estimate of drug-likeness (QED) is 0.708. The number of hydrogen-bond donors (Lipinski definition) is 2. The Kier molecular flexibility index (Phi) is 5.41. The van der Waals surface area contributed by atoms with Crippen LogP contribution in [0.3, 0.4) is 0 Å². The molecule has 0 saturated carbocycles. The number of aromatic nitrogens is 2. The maximum atomic E-state index is 11.9. The highest BCUT2D eigenvalue weighted by atomic mass is 32.2. The van der Waals surface area contributed by atoms with Crippen LogP contribution >= 0.6 is 0 Å². The molecule has 1 aromatic rings. The Morgan fingerprint density at radius 1 is 1.30 bits per heavy atom. The van der Waals surface area contributed by atoms with Gasteiger partial charge in [-0.2, -0.15) is 0 Å². The Morgan fingerprint density at radius 2 is 2.05 bits per heavy atom. The number of nitrogens with zero attached hydrogens (tertiary/aromatic N) is 3. The fourth-order valence-corrected chi connectivity index (χ4v) is 2.96. The SMILES string of the molecule is Cc1cnc(CNS(=O)(=O)CCN2CCNCC2)cn1. The Hall–Kier alpha value is -1.09. The van der Waals surface area contributed by atoms with E-state index in [4.69, 9.17) is 0 Å². The van der Waals surface area contributed by atoms with Crippen molar-refractivity contribution in [2.24, 2.45) is 0 Å². The van der Waals surface area contributed by atoms with Crippen LogP contribution in [0.4, 0.5) is 0 Å². The zero-order valence-corrected chi connectivity index (χ0v) is 12.5. The minimum absolute atomic E-state index is 0.117. The predicted molar refractivity (Wildman–Crippen MR) is 76.7 cm³/mol. The van der Waals surface area contributed by atoms with E-state index < -0.39 is 10.0 Å². The van der Waals surface area contributed by atoms with E-state index in [1.54, 1.807) is 12.4 Å². The third-order valence-corrected chi connectivity index (χ3v) is 4.50. The van der Waals surface area contributed by atoms with E-state index in [0.717, 1.165) is 31.9 Å². The van der Waals surface area contributed by atoms with Gasteiger partial charge in [-0.15, -0.1) is 0 Å². The van der Waals surface area contributed by atoms with Crippen molar-refractivity contribution in [3.05, 3.63) is 23.8 Å². The molecule has 2 N–H and O–H groups in total. The second-order valence-electron chi connectivity index (χ2n) is 4.88. The Bertz CT molecular complexity index is 511. The van der Waals surface area contributed by atoms with Gasteiger partial charge in [-0.1, -0.05) is 0 Å². The zero-order valence-electron chi connectivity index (χ0n) is 11.7. The van der Waals surface area contributed by atoms with Gasteiger partial charge < -0.3 is 5.32 Å². The standard InChI is InChI=1S/C12H21N5O2S/c1-11-8-15-12(9-14-11)10-16-20(18,19)7-6-17-4-2-13-3-5-17/h8-9,13,16H,2-7,10H2,1H3. The highest BCUT2D eigenvalue weighted by Crippen LogP contribution is 1.97. The summed E-state index contributed by atoms with van der Waals surface area (Å²) in [5.41, 5.74) is 1.44. The number of hydrogen-bond acceptors (Lipinski definition) is 6. The predicted octanol–water partition coefficient (Wildman–Crippen LogP) is -0.890. The number of sulfonamides is 1. The van der Waals surface area contributed by atoms with E-state index in [0.29, 0.717) is 12.2 Å². The molecule has 0 amide bonds. The van der Waals surface area contributed by atoms with Crippen molar-refractivity contribution in [1.29, 1.82) is 0 Å². The third-order valence-electron chi connectivity index (χ3n) is 3.19. The molecule has 0 aromatic carbocycles. The molecule has 0 atom stereocenters. The monoisotopic (exact) mass is 299 g/mol. The number of rotatable bonds is 6. The maximum absolute atomic E-state index is 11.9. The molecular formula is C12H21N5O2S. The van der Waals surface area contributed by atoms with Gasteiger partial charge in [-0.05, 0) is 6.92 Å². The van der Waals surface area contributed by atoms with Crippen LogP contribution in [0, 0.1) is 6.92 Å². The first-order valence-electron chi connectivity index (χ1n) is 6.73. The van der Waals surface area contributed by atoms with Crippen LogP contribution in [0.2, 0.25) is 0 Å². The molecule has 2 heterocycles. The topological polar surface area (TPSA) is 87.2 Å². The second-order valence-corrected chi connectivity index (χ2v) is 6.81. The van der Waals surface area contributed by atoms with E-state index in [1.165, 1.54) is 0 Å². The molecule has 112 valence electrons. The van der Waals surface area contributed by atoms with Crippen LogP contribution in [-0.4, -0.2) is 61.8 Å². The summed E-state index contributed by atoms with van der Waals surface area (Å²) in [6.07, 6.45) is 3.22. The fourth-order valence-electron chi connectivity index (χ4n) is 1.95. The summed E-state index contributed by atoms with van der Waals surface area (Å²) in [4.78, 5) is 10.4. The van der Waals surface area contributed by atoms with E-state index in [9.17, 15) is 8.42 Å². The van der Waals surface area contributed by atoms with Crippen molar-refractivity contribution >= 4 is 10.0 Å². The van der Waals surface area contributed by atoms with Crippen molar-refractivity contribution in [2.45, 2.75) is 13.5 Å². The van der Waals surface area contributed by atoms with Gasteiger partial charge in [0.2, 0.25) is 10.0 Å². The average molecular weight is 299 g/mol. The Balaban J connectivity index is 1.76. The third kappa shape index (κ3) is 5.12. The molecule has 8 heteroatoms. The molecule has 2 rings (SSSR count). The lowest BCUT2D eigenvalue weighted by Gasteiger charge is -2.26. The fraction of sp³-hybridized carbons (Fsp3) is 0.667. The molecular weight excluding hydrogens is 278 g/mol. The van der Waals surface area contributed by atoms with Crippen LogP contribution in [0.15, 0.2) is 12.4 Å². The zero-order chi connectivity index (χ0) is 14.4. The van der Waals surface area contributed by atoms with E-state index >= 15 is 0 Å². The van der Waals surface area contributed by atoms with Crippen molar-refractivity contribution in [2.75, 3.05) is 38.5 Å². The smallest absolute Gasteiger partial charge is 0.213 e. The van der Waals surface area contributed by atoms with Crippen LogP contribution in [0.25, 0.3) is 0 Å². The Morgan fingerprint density at radius 3 is 2.70 bits per heavy atom. The van der Waals surface area contributed by atoms with E-state index in [2.05, 4.69) is 24.9 Å². The molecule has 1 fully saturated rings. The first-order valence-corrected chi connectivity index (χ1v) is 8.38. The molecule has 1 aromatic heterocycles. The van der Waals surface area contributed by atoms with Gasteiger partial charge in [0.1, 0.15) is 0 Å². The summed E-state index contributed by atoms with van der Waals surface area (Å²) in [6, 6.07) is 0. The summed E-state index contributed by atoms with van der Waals surface area (Å²) < 4.78 is 26.4. The Labute approximate surface area is 119 Å². The van der Waals surface area contributed by atoms with Crippen molar-refractivity contribution in [3.63, 3.8) is 0 Å². The minimum atomic E-state index is -3.27. The highest BCUT2D eigenvalue weighted by molar-refractivity contribution is 7.89. The molecule has 0 radical (unpaired) electrons. The van der Waals surface area contributed by atoms with Gasteiger partial charge in [0, 0.05) is 38.9 Å². The summed E-state index contributed by atoms with van der Waals surface area (Å²) in [5, 5.41) is 3.24. The summed E-state index contributed by atoms with van der Waals surface area (Å²) >= 11 is 0. The van der Waals surface area contributed by atoms with Crippen LogP contribution in [0.1, 0.15) is 11.4 Å². The molecule has 7 nitrogen and oxygen atoms in total. The lowest BCUT2D eigenvalue weighted by atomic mass is 10.4. The van der Waals surface area contributed by atoms with Crippen molar-refractivity contribution in [1.82, 2.24) is 24.9 Å². The highest BCUT2D eigenvalue weighted by Gasteiger charge is 2.15. The largest absolute Gasteiger partial charge is 0.314 e. The van der Waals surface area contributed by atoms with Crippen molar-refractivity contribution < 1.29 is 8.42 Å². The normalized spacial score (nSPS) is 17.2. The molecule has 1 saturated heterocycles. The van der Waals surface area contributed by atoms with Gasteiger partial charge in [-0.25, -0.2) is 13.1 Å². The molecule has 0 bridgehead atoms. The first kappa shape index (κ1) is 15.3. The number of piperazine rings is 1. The first-order chi connectivity index (χ1) is 9.55. The second kappa shape index (κ2) is 7.07. The van der Waals surface area contributed by atoms with E-state index in [1.807, 2.05) is 6.92 Å². The molecule has 1 aliphatic rings. The van der Waals surface area contributed by atoms with Gasteiger partial charge in [0.05, 0.1) is 29.9 Å². The number of nitrogens with one attached hydrogen (secondary N) is 2. The molecule has 20 heavy (non-hydrogen) atoms. The summed E-state index contributed by atoms with van der Waals surface area (Å²) in [5.74, 6) is 0.117. The molecule has 0 unspecified atom stereocenters. The maximum Gasteiger partial charge on any atom is 0.213 e. The van der Waals surface area contributed by atoms with Gasteiger partial charge in [-0.3, -0.25) is 14.9 Å². The minimum Gasteiger partial charge on any atom is -0.314 e. The van der Waals surface area contributed by atoms with Gasteiger partial charge >= 0.3 is 0 Å². The van der Waals surface area contributed by atoms with Crippen LogP contribution in [0.5, 0.6) is 0 Å². The van der Waals surface area contributed by atoms with Gasteiger partial charge in [0.25, 0.3) is 0 Å². The molecule has 1 aliphatic heterocycles. The average Bonchev–Trinajstić information content (AvgIpc) is 2.46. The van der Waals surface area contributed by atoms with Crippen LogP contribution < -0.4 is 10.0 Å².